The van der Waals surface area contributed by atoms with Crippen molar-refractivity contribution in [3.05, 3.63) is 23.3 Å². The molecule has 1 fully saturated rings. The van der Waals surface area contributed by atoms with Crippen LogP contribution in [0.3, 0.4) is 0 Å². The van der Waals surface area contributed by atoms with Crippen LogP contribution in [0.25, 0.3) is 0 Å². The van der Waals surface area contributed by atoms with E-state index >= 15 is 0 Å². The molecule has 0 radical (unpaired) electrons. The van der Waals surface area contributed by atoms with Crippen molar-refractivity contribution in [3.8, 4) is 11.5 Å². The predicted octanol–water partition coefficient (Wildman–Crippen LogP) is 1.90. The van der Waals surface area contributed by atoms with Crippen LogP contribution < -0.4 is 14.8 Å². The van der Waals surface area contributed by atoms with E-state index in [9.17, 15) is 4.79 Å². The van der Waals surface area contributed by atoms with Crippen molar-refractivity contribution in [3.63, 3.8) is 0 Å². The average Bonchev–Trinajstić information content (AvgIpc) is 3.12. The number of aryl methyl sites for hydroxylation is 1. The zero-order valence-corrected chi connectivity index (χ0v) is 10.4. The quantitative estimate of drug-likeness (QED) is 0.867. The van der Waals surface area contributed by atoms with Crippen LogP contribution in [0.15, 0.2) is 12.1 Å². The number of rotatable bonds is 4. The standard InChI is InChI=1S/C13H17NO3/c1-8-6-12(17-3)10(7-11(8)16-2)13(15)14-9-4-5-9/h6-7,9H,4-5H2,1-3H3,(H,14,15). The highest BCUT2D eigenvalue weighted by Crippen LogP contribution is 2.29. The second kappa shape index (κ2) is 4.65. The molecule has 1 N–H and O–H groups in total. The van der Waals surface area contributed by atoms with Gasteiger partial charge in [0, 0.05) is 6.04 Å². The van der Waals surface area contributed by atoms with Crippen molar-refractivity contribution in [2.24, 2.45) is 0 Å². The molecular weight excluding hydrogens is 218 g/mol. The van der Waals surface area contributed by atoms with Crippen LogP contribution in [0.1, 0.15) is 28.8 Å². The molecule has 0 aromatic heterocycles. The molecule has 0 spiro atoms. The number of nitrogens with one attached hydrogen (secondary N) is 1. The number of ether oxygens (including phenoxy) is 2. The fourth-order valence-electron chi connectivity index (χ4n) is 1.72. The van der Waals surface area contributed by atoms with Crippen LogP contribution in [0.4, 0.5) is 0 Å². The van der Waals surface area contributed by atoms with Gasteiger partial charge >= 0.3 is 0 Å². The molecule has 1 aromatic carbocycles. The van der Waals surface area contributed by atoms with Gasteiger partial charge in [-0.3, -0.25) is 4.79 Å². The number of carbonyl (C=O) groups excluding carboxylic acids is 1. The third kappa shape index (κ3) is 2.52. The van der Waals surface area contributed by atoms with Crippen molar-refractivity contribution in [2.75, 3.05) is 14.2 Å². The molecule has 1 saturated carbocycles. The zero-order valence-electron chi connectivity index (χ0n) is 10.4. The summed E-state index contributed by atoms with van der Waals surface area (Å²) in [5.74, 6) is 1.19. The first-order chi connectivity index (χ1) is 8.15. The largest absolute Gasteiger partial charge is 0.496 e. The minimum atomic E-state index is -0.0948. The van der Waals surface area contributed by atoms with Crippen molar-refractivity contribution in [1.82, 2.24) is 5.32 Å². The molecule has 0 bridgehead atoms. The third-order valence-corrected chi connectivity index (χ3v) is 2.87. The highest BCUT2D eigenvalue weighted by atomic mass is 16.5. The molecule has 1 aliphatic rings. The topological polar surface area (TPSA) is 47.6 Å². The lowest BCUT2D eigenvalue weighted by atomic mass is 10.1. The van der Waals surface area contributed by atoms with E-state index < -0.39 is 0 Å². The Bertz CT molecular complexity index is 439. The van der Waals surface area contributed by atoms with Crippen molar-refractivity contribution >= 4 is 5.91 Å². The molecule has 4 heteroatoms. The summed E-state index contributed by atoms with van der Waals surface area (Å²) in [7, 11) is 3.16. The number of benzene rings is 1. The summed E-state index contributed by atoms with van der Waals surface area (Å²) in [6.45, 7) is 1.92. The van der Waals surface area contributed by atoms with E-state index in [1.165, 1.54) is 0 Å². The molecule has 1 aromatic rings. The number of carbonyl (C=O) groups is 1. The van der Waals surface area contributed by atoms with Gasteiger partial charge in [-0.15, -0.1) is 0 Å². The van der Waals surface area contributed by atoms with Crippen molar-refractivity contribution in [1.29, 1.82) is 0 Å². The van der Waals surface area contributed by atoms with Gasteiger partial charge in [-0.05, 0) is 37.5 Å². The molecule has 0 heterocycles. The van der Waals surface area contributed by atoms with Gasteiger partial charge in [0.15, 0.2) is 0 Å². The number of amides is 1. The lowest BCUT2D eigenvalue weighted by Gasteiger charge is -2.12. The highest BCUT2D eigenvalue weighted by molar-refractivity contribution is 5.97. The van der Waals surface area contributed by atoms with Crippen LogP contribution in [-0.2, 0) is 0 Å². The molecule has 92 valence electrons. The Balaban J connectivity index is 2.31. The Labute approximate surface area is 101 Å². The molecule has 1 amide bonds. The summed E-state index contributed by atoms with van der Waals surface area (Å²) >= 11 is 0. The third-order valence-electron chi connectivity index (χ3n) is 2.87. The first kappa shape index (κ1) is 11.8. The molecule has 0 atom stereocenters. The second-order valence-corrected chi connectivity index (χ2v) is 4.27. The minimum absolute atomic E-state index is 0.0948. The molecular formula is C13H17NO3. The van der Waals surface area contributed by atoms with Crippen LogP contribution in [0, 0.1) is 6.92 Å². The minimum Gasteiger partial charge on any atom is -0.496 e. The van der Waals surface area contributed by atoms with Crippen LogP contribution in [-0.4, -0.2) is 26.2 Å². The van der Waals surface area contributed by atoms with E-state index in [2.05, 4.69) is 5.32 Å². The summed E-state index contributed by atoms with van der Waals surface area (Å²) in [4.78, 5) is 12.0. The van der Waals surface area contributed by atoms with E-state index in [1.54, 1.807) is 20.3 Å². The normalized spacial score (nSPS) is 14.3. The smallest absolute Gasteiger partial charge is 0.255 e. The van der Waals surface area contributed by atoms with Gasteiger partial charge in [-0.25, -0.2) is 0 Å². The molecule has 0 unspecified atom stereocenters. The first-order valence-electron chi connectivity index (χ1n) is 5.69. The Kier molecular flexibility index (Phi) is 3.22. The summed E-state index contributed by atoms with van der Waals surface area (Å²) in [6.07, 6.45) is 2.13. The molecule has 17 heavy (non-hydrogen) atoms. The zero-order chi connectivity index (χ0) is 12.4. The lowest BCUT2D eigenvalue weighted by molar-refractivity contribution is 0.0947. The first-order valence-corrected chi connectivity index (χ1v) is 5.69. The van der Waals surface area contributed by atoms with E-state index in [0.29, 0.717) is 23.1 Å². The maximum Gasteiger partial charge on any atom is 0.255 e. The van der Waals surface area contributed by atoms with Crippen molar-refractivity contribution < 1.29 is 14.3 Å². The number of hydrogen-bond acceptors (Lipinski definition) is 3. The van der Waals surface area contributed by atoms with Crippen LogP contribution in [0.5, 0.6) is 11.5 Å². The monoisotopic (exact) mass is 235 g/mol. The Morgan fingerprint density at radius 1 is 1.24 bits per heavy atom. The van der Waals surface area contributed by atoms with Crippen LogP contribution in [0.2, 0.25) is 0 Å². The van der Waals surface area contributed by atoms with E-state index in [1.807, 2.05) is 13.0 Å². The molecule has 0 saturated heterocycles. The summed E-state index contributed by atoms with van der Waals surface area (Å²) < 4.78 is 10.5. The predicted molar refractivity (Wildman–Crippen MR) is 64.8 cm³/mol. The maximum absolute atomic E-state index is 12.0. The van der Waals surface area contributed by atoms with Gasteiger partial charge < -0.3 is 14.8 Å². The SMILES string of the molecule is COc1cc(C(=O)NC2CC2)c(OC)cc1C. The van der Waals surface area contributed by atoms with E-state index in [0.717, 1.165) is 18.4 Å². The maximum atomic E-state index is 12.0. The number of methoxy groups -OCH3 is 2. The van der Waals surface area contributed by atoms with Gasteiger partial charge in [0.25, 0.3) is 5.91 Å². The average molecular weight is 235 g/mol. The summed E-state index contributed by atoms with van der Waals surface area (Å²) in [5.41, 5.74) is 1.48. The fraction of sp³-hybridized carbons (Fsp3) is 0.462. The van der Waals surface area contributed by atoms with Gasteiger partial charge in [0.1, 0.15) is 11.5 Å². The second-order valence-electron chi connectivity index (χ2n) is 4.27. The molecule has 2 rings (SSSR count). The molecule has 1 aliphatic carbocycles. The fourth-order valence-corrected chi connectivity index (χ4v) is 1.72. The molecule has 0 aliphatic heterocycles. The van der Waals surface area contributed by atoms with Gasteiger partial charge in [-0.2, -0.15) is 0 Å². The lowest BCUT2D eigenvalue weighted by Crippen LogP contribution is -2.25. The van der Waals surface area contributed by atoms with E-state index in [4.69, 9.17) is 9.47 Å². The van der Waals surface area contributed by atoms with Gasteiger partial charge in [-0.1, -0.05) is 0 Å². The Morgan fingerprint density at radius 3 is 2.41 bits per heavy atom. The highest BCUT2D eigenvalue weighted by Gasteiger charge is 2.25. The number of hydrogen-bond donors (Lipinski definition) is 1. The molecule has 4 nitrogen and oxygen atoms in total. The Hall–Kier alpha value is -1.71. The van der Waals surface area contributed by atoms with Gasteiger partial charge in [0.05, 0.1) is 19.8 Å². The Morgan fingerprint density at radius 2 is 1.88 bits per heavy atom. The van der Waals surface area contributed by atoms with Gasteiger partial charge in [0.2, 0.25) is 0 Å². The van der Waals surface area contributed by atoms with E-state index in [-0.39, 0.29) is 5.91 Å². The van der Waals surface area contributed by atoms with Crippen molar-refractivity contribution in [2.45, 2.75) is 25.8 Å². The van der Waals surface area contributed by atoms with Crippen LogP contribution >= 0.6 is 0 Å². The summed E-state index contributed by atoms with van der Waals surface area (Å²) in [6, 6.07) is 3.88. The summed E-state index contributed by atoms with van der Waals surface area (Å²) in [5, 5.41) is 2.94.